The van der Waals surface area contributed by atoms with Crippen LogP contribution in [0.5, 0.6) is 0 Å². The fourth-order valence-corrected chi connectivity index (χ4v) is 2.34. The monoisotopic (exact) mass is 282 g/mol. The maximum absolute atomic E-state index is 12.6. The second kappa shape index (κ2) is 4.70. The molecule has 3 rings (SSSR count). The van der Waals surface area contributed by atoms with Crippen LogP contribution < -0.4 is 5.56 Å². The van der Waals surface area contributed by atoms with Crippen LogP contribution in [0, 0.1) is 6.92 Å². The van der Waals surface area contributed by atoms with Crippen LogP contribution in [0.4, 0.5) is 0 Å². The van der Waals surface area contributed by atoms with Gasteiger partial charge in [0.2, 0.25) is 0 Å². The molecule has 106 valence electrons. The predicted octanol–water partition coefficient (Wildman–Crippen LogP) is 2.34. The predicted molar refractivity (Wildman–Crippen MR) is 79.8 cm³/mol. The van der Waals surface area contributed by atoms with Gasteiger partial charge in [0.15, 0.2) is 0 Å². The summed E-state index contributed by atoms with van der Waals surface area (Å²) in [6, 6.07) is 8.72. The smallest absolute Gasteiger partial charge is 0.310 e. The molecule has 21 heavy (non-hydrogen) atoms. The molecule has 0 aliphatic rings. The van der Waals surface area contributed by atoms with E-state index in [1.54, 1.807) is 37.4 Å². The molecule has 0 spiro atoms. The van der Waals surface area contributed by atoms with E-state index in [0.717, 1.165) is 5.56 Å². The summed E-state index contributed by atoms with van der Waals surface area (Å²) in [6.45, 7) is 3.50. The number of aliphatic carboxylic acids is 1. The van der Waals surface area contributed by atoms with E-state index in [2.05, 4.69) is 4.98 Å². The molecule has 0 radical (unpaired) electrons. The lowest BCUT2D eigenvalue weighted by molar-refractivity contribution is -0.138. The Balaban J connectivity index is 2.34. The van der Waals surface area contributed by atoms with E-state index in [-0.39, 0.29) is 5.56 Å². The minimum Gasteiger partial charge on any atom is -0.481 e. The van der Waals surface area contributed by atoms with Gasteiger partial charge in [0.25, 0.3) is 5.56 Å². The van der Waals surface area contributed by atoms with Crippen molar-refractivity contribution in [2.24, 2.45) is 0 Å². The van der Waals surface area contributed by atoms with E-state index in [9.17, 15) is 9.59 Å². The number of hydrogen-bond donors (Lipinski definition) is 1. The molecule has 0 aliphatic carbocycles. The summed E-state index contributed by atoms with van der Waals surface area (Å²) in [5.41, 5.74) is 2.53. The van der Waals surface area contributed by atoms with E-state index in [0.29, 0.717) is 22.1 Å². The van der Waals surface area contributed by atoms with E-state index >= 15 is 0 Å². The van der Waals surface area contributed by atoms with Gasteiger partial charge in [0, 0.05) is 6.20 Å². The quantitative estimate of drug-likeness (QED) is 0.732. The Hall–Kier alpha value is -2.69. The van der Waals surface area contributed by atoms with Gasteiger partial charge in [-0.3, -0.25) is 14.0 Å². The third-order valence-electron chi connectivity index (χ3n) is 3.65. The first kappa shape index (κ1) is 13.3. The minimum absolute atomic E-state index is 0.182. The van der Waals surface area contributed by atoms with Gasteiger partial charge in [-0.15, -0.1) is 0 Å². The minimum atomic E-state index is -0.918. The van der Waals surface area contributed by atoms with Crippen molar-refractivity contribution in [2.45, 2.75) is 19.8 Å². The van der Waals surface area contributed by atoms with Gasteiger partial charge in [-0.25, -0.2) is 4.98 Å². The fraction of sp³-hybridized carbons (Fsp3) is 0.188. The SMILES string of the molecule is Cc1ccc2nc3ccc(C(C)C(=O)O)cc3c(=O)n2c1. The van der Waals surface area contributed by atoms with Crippen LogP contribution in [-0.2, 0) is 4.79 Å². The van der Waals surface area contributed by atoms with Gasteiger partial charge >= 0.3 is 5.97 Å². The van der Waals surface area contributed by atoms with Gasteiger partial charge in [-0.2, -0.15) is 0 Å². The third-order valence-corrected chi connectivity index (χ3v) is 3.65. The Morgan fingerprint density at radius 3 is 2.76 bits per heavy atom. The van der Waals surface area contributed by atoms with Gasteiger partial charge in [-0.1, -0.05) is 12.1 Å². The molecule has 0 saturated carbocycles. The molecule has 0 bridgehead atoms. The topological polar surface area (TPSA) is 71.7 Å². The summed E-state index contributed by atoms with van der Waals surface area (Å²) in [7, 11) is 0. The van der Waals surface area contributed by atoms with Crippen LogP contribution in [0.2, 0.25) is 0 Å². The number of aromatic nitrogens is 2. The number of rotatable bonds is 2. The highest BCUT2D eigenvalue weighted by molar-refractivity contribution is 5.83. The Morgan fingerprint density at radius 1 is 1.29 bits per heavy atom. The first-order chi connectivity index (χ1) is 9.97. The second-order valence-electron chi connectivity index (χ2n) is 5.19. The first-order valence-electron chi connectivity index (χ1n) is 6.63. The largest absolute Gasteiger partial charge is 0.481 e. The molecule has 2 aromatic heterocycles. The summed E-state index contributed by atoms with van der Waals surface area (Å²) in [5, 5.41) is 9.52. The Morgan fingerprint density at radius 2 is 2.05 bits per heavy atom. The number of aryl methyl sites for hydroxylation is 1. The van der Waals surface area contributed by atoms with Gasteiger partial charge in [0.1, 0.15) is 5.65 Å². The molecule has 5 heteroatoms. The molecule has 0 saturated heterocycles. The Kier molecular flexibility index (Phi) is 2.97. The normalized spacial score (nSPS) is 12.7. The Bertz CT molecular complexity index is 928. The van der Waals surface area contributed by atoms with Crippen molar-refractivity contribution in [1.29, 1.82) is 0 Å². The molecular formula is C16H14N2O3. The number of benzene rings is 1. The zero-order chi connectivity index (χ0) is 15.1. The molecule has 3 aromatic rings. The molecular weight excluding hydrogens is 268 g/mol. The molecule has 1 aromatic carbocycles. The van der Waals surface area contributed by atoms with Gasteiger partial charge in [0.05, 0.1) is 16.8 Å². The number of pyridine rings is 1. The third kappa shape index (κ3) is 2.16. The van der Waals surface area contributed by atoms with Crippen LogP contribution in [0.3, 0.4) is 0 Å². The number of carbonyl (C=O) groups is 1. The van der Waals surface area contributed by atoms with Crippen molar-refractivity contribution < 1.29 is 9.90 Å². The number of carboxylic acid groups (broad SMARTS) is 1. The molecule has 0 aliphatic heterocycles. The van der Waals surface area contributed by atoms with Crippen LogP contribution >= 0.6 is 0 Å². The zero-order valence-corrected chi connectivity index (χ0v) is 11.7. The standard InChI is InChI=1S/C16H14N2O3/c1-9-3-6-14-17-13-5-4-11(10(2)16(20)21)7-12(13)15(19)18(14)8-9/h3-8,10H,1-2H3,(H,20,21). The number of fused-ring (bicyclic) bond motifs is 2. The summed E-state index contributed by atoms with van der Waals surface area (Å²) < 4.78 is 1.49. The van der Waals surface area contributed by atoms with Crippen LogP contribution in [0.15, 0.2) is 41.3 Å². The summed E-state index contributed by atoms with van der Waals surface area (Å²) >= 11 is 0. The molecule has 1 atom stereocenters. The van der Waals surface area contributed by atoms with Crippen molar-refractivity contribution in [3.05, 3.63) is 58.0 Å². The molecule has 0 fully saturated rings. The van der Waals surface area contributed by atoms with Gasteiger partial charge < -0.3 is 5.11 Å². The highest BCUT2D eigenvalue weighted by atomic mass is 16.4. The van der Waals surface area contributed by atoms with Crippen LogP contribution in [-0.4, -0.2) is 20.5 Å². The van der Waals surface area contributed by atoms with Crippen molar-refractivity contribution in [1.82, 2.24) is 9.38 Å². The molecule has 2 heterocycles. The van der Waals surface area contributed by atoms with Crippen molar-refractivity contribution >= 4 is 22.5 Å². The number of carboxylic acids is 1. The van der Waals surface area contributed by atoms with Crippen molar-refractivity contribution in [3.63, 3.8) is 0 Å². The average Bonchev–Trinajstić information content (AvgIpc) is 2.47. The van der Waals surface area contributed by atoms with Crippen molar-refractivity contribution in [3.8, 4) is 0 Å². The van der Waals surface area contributed by atoms with Crippen LogP contribution in [0.1, 0.15) is 24.0 Å². The lowest BCUT2D eigenvalue weighted by Gasteiger charge is -2.09. The summed E-state index contributed by atoms with van der Waals surface area (Å²) in [4.78, 5) is 28.1. The van der Waals surface area contributed by atoms with E-state index < -0.39 is 11.9 Å². The Labute approximate surface area is 120 Å². The van der Waals surface area contributed by atoms with Gasteiger partial charge in [-0.05, 0) is 43.2 Å². The van der Waals surface area contributed by atoms with E-state index in [4.69, 9.17) is 5.11 Å². The maximum atomic E-state index is 12.6. The summed E-state index contributed by atoms with van der Waals surface area (Å²) in [6.07, 6.45) is 1.73. The maximum Gasteiger partial charge on any atom is 0.310 e. The number of hydrogen-bond acceptors (Lipinski definition) is 3. The first-order valence-corrected chi connectivity index (χ1v) is 6.63. The zero-order valence-electron chi connectivity index (χ0n) is 11.7. The van der Waals surface area contributed by atoms with E-state index in [1.807, 2.05) is 13.0 Å². The summed E-state index contributed by atoms with van der Waals surface area (Å²) in [5.74, 6) is -1.58. The lowest BCUT2D eigenvalue weighted by atomic mass is 10.00. The lowest BCUT2D eigenvalue weighted by Crippen LogP contribution is -2.16. The van der Waals surface area contributed by atoms with Crippen molar-refractivity contribution in [2.75, 3.05) is 0 Å². The average molecular weight is 282 g/mol. The highest BCUT2D eigenvalue weighted by Crippen LogP contribution is 2.19. The fourth-order valence-electron chi connectivity index (χ4n) is 2.34. The highest BCUT2D eigenvalue weighted by Gasteiger charge is 2.15. The van der Waals surface area contributed by atoms with Crippen LogP contribution in [0.25, 0.3) is 16.6 Å². The number of nitrogens with zero attached hydrogens (tertiary/aromatic N) is 2. The molecule has 1 N–H and O–H groups in total. The second-order valence-corrected chi connectivity index (χ2v) is 5.19. The molecule has 1 unspecified atom stereocenters. The molecule has 5 nitrogen and oxygen atoms in total. The van der Waals surface area contributed by atoms with E-state index in [1.165, 1.54) is 4.40 Å². The molecule has 0 amide bonds.